The molecule has 0 aliphatic carbocycles. The van der Waals surface area contributed by atoms with Gasteiger partial charge in [-0.25, -0.2) is 0 Å². The van der Waals surface area contributed by atoms with Gasteiger partial charge in [0, 0.05) is 30.5 Å². The highest BCUT2D eigenvalue weighted by atomic mass is 16.2. The molecule has 4 rings (SSSR count). The fourth-order valence-corrected chi connectivity index (χ4v) is 3.25. The number of nitrogens with one attached hydrogen (secondary N) is 2. The molecule has 1 atom stereocenters. The monoisotopic (exact) mass is 360 g/mol. The second-order valence-electron chi connectivity index (χ2n) is 6.78. The lowest BCUT2D eigenvalue weighted by Gasteiger charge is -2.17. The summed E-state index contributed by atoms with van der Waals surface area (Å²) in [5, 5.41) is 9.76. The van der Waals surface area contributed by atoms with E-state index in [1.165, 1.54) is 0 Å². The standard InChI is InChI=1S/C21H20N4O2/c1-14-2-8-18(9-3-14)25-13-16(12-20(25)26)21(27)23-17-6-4-15(5-7-17)19-10-11-22-24-19/h2-11,16H,12-13H2,1H3,(H,22,24)(H,23,27). The molecule has 2 aromatic carbocycles. The second kappa shape index (κ2) is 7.07. The number of rotatable bonds is 4. The maximum Gasteiger partial charge on any atom is 0.229 e. The summed E-state index contributed by atoms with van der Waals surface area (Å²) in [5.41, 5.74) is 4.60. The van der Waals surface area contributed by atoms with Gasteiger partial charge in [-0.1, -0.05) is 29.8 Å². The number of anilines is 2. The normalized spacial score (nSPS) is 16.6. The van der Waals surface area contributed by atoms with E-state index < -0.39 is 0 Å². The Kier molecular flexibility index (Phi) is 4.46. The first-order chi connectivity index (χ1) is 13.1. The number of hydrogen-bond acceptors (Lipinski definition) is 3. The first kappa shape index (κ1) is 17.0. The summed E-state index contributed by atoms with van der Waals surface area (Å²) in [6.45, 7) is 2.41. The van der Waals surface area contributed by atoms with E-state index in [4.69, 9.17) is 0 Å². The number of amides is 2. The quantitative estimate of drug-likeness (QED) is 0.749. The van der Waals surface area contributed by atoms with Gasteiger partial charge >= 0.3 is 0 Å². The van der Waals surface area contributed by atoms with Crippen LogP contribution in [-0.2, 0) is 9.59 Å². The third-order valence-corrected chi connectivity index (χ3v) is 4.81. The second-order valence-corrected chi connectivity index (χ2v) is 6.78. The Bertz CT molecular complexity index is 947. The molecule has 2 N–H and O–H groups in total. The highest BCUT2D eigenvalue weighted by Crippen LogP contribution is 2.26. The number of carbonyl (C=O) groups is 2. The van der Waals surface area contributed by atoms with Gasteiger partial charge in [0.2, 0.25) is 11.8 Å². The molecule has 2 heterocycles. The Balaban J connectivity index is 1.41. The topological polar surface area (TPSA) is 78.1 Å². The smallest absolute Gasteiger partial charge is 0.229 e. The zero-order chi connectivity index (χ0) is 18.8. The first-order valence-electron chi connectivity index (χ1n) is 8.88. The summed E-state index contributed by atoms with van der Waals surface area (Å²) in [7, 11) is 0. The number of aryl methyl sites for hydroxylation is 1. The summed E-state index contributed by atoms with van der Waals surface area (Å²) in [6, 6.07) is 17.2. The minimum absolute atomic E-state index is 0.0198. The van der Waals surface area contributed by atoms with Gasteiger partial charge in [0.15, 0.2) is 0 Å². The molecule has 1 aliphatic rings. The molecule has 0 bridgehead atoms. The van der Waals surface area contributed by atoms with E-state index in [-0.39, 0.29) is 24.2 Å². The number of nitrogens with zero attached hydrogens (tertiary/aromatic N) is 2. The van der Waals surface area contributed by atoms with Crippen LogP contribution in [0.5, 0.6) is 0 Å². The van der Waals surface area contributed by atoms with Crippen LogP contribution in [0, 0.1) is 12.8 Å². The summed E-state index contributed by atoms with van der Waals surface area (Å²) < 4.78 is 0. The maximum absolute atomic E-state index is 12.6. The van der Waals surface area contributed by atoms with Crippen LogP contribution in [0.3, 0.4) is 0 Å². The van der Waals surface area contributed by atoms with E-state index in [9.17, 15) is 9.59 Å². The van der Waals surface area contributed by atoms with E-state index in [1.54, 1.807) is 11.1 Å². The molecule has 0 saturated carbocycles. The van der Waals surface area contributed by atoms with Gasteiger partial charge < -0.3 is 10.2 Å². The van der Waals surface area contributed by atoms with Crippen molar-refractivity contribution in [2.45, 2.75) is 13.3 Å². The number of carbonyl (C=O) groups excluding carboxylic acids is 2. The molecule has 27 heavy (non-hydrogen) atoms. The molecule has 0 radical (unpaired) electrons. The van der Waals surface area contributed by atoms with Crippen LogP contribution in [0.2, 0.25) is 0 Å². The van der Waals surface area contributed by atoms with Crippen LogP contribution in [-0.4, -0.2) is 28.6 Å². The van der Waals surface area contributed by atoms with E-state index in [0.717, 1.165) is 22.5 Å². The molecule has 1 saturated heterocycles. The fourth-order valence-electron chi connectivity index (χ4n) is 3.25. The molecule has 2 amide bonds. The molecular weight excluding hydrogens is 340 g/mol. The van der Waals surface area contributed by atoms with Gasteiger partial charge in [-0.15, -0.1) is 0 Å². The molecule has 136 valence electrons. The van der Waals surface area contributed by atoms with Crippen molar-refractivity contribution < 1.29 is 9.59 Å². The summed E-state index contributed by atoms with van der Waals surface area (Å²) in [4.78, 5) is 26.6. The first-order valence-corrected chi connectivity index (χ1v) is 8.88. The van der Waals surface area contributed by atoms with Gasteiger partial charge in [0.25, 0.3) is 0 Å². The zero-order valence-corrected chi connectivity index (χ0v) is 15.0. The number of aromatic nitrogens is 2. The molecule has 1 fully saturated rings. The Hall–Kier alpha value is -3.41. The summed E-state index contributed by atoms with van der Waals surface area (Å²) in [6.07, 6.45) is 1.92. The van der Waals surface area contributed by atoms with Crippen LogP contribution in [0.15, 0.2) is 60.8 Å². The van der Waals surface area contributed by atoms with Crippen molar-refractivity contribution in [1.82, 2.24) is 10.2 Å². The van der Waals surface area contributed by atoms with Crippen molar-refractivity contribution in [2.24, 2.45) is 5.92 Å². The lowest BCUT2D eigenvalue weighted by atomic mass is 10.1. The molecule has 6 nitrogen and oxygen atoms in total. The van der Waals surface area contributed by atoms with Gasteiger partial charge in [0.1, 0.15) is 0 Å². The molecule has 1 aliphatic heterocycles. The van der Waals surface area contributed by atoms with E-state index in [2.05, 4.69) is 15.5 Å². The van der Waals surface area contributed by atoms with Gasteiger partial charge in [-0.05, 0) is 42.8 Å². The fraction of sp³-hybridized carbons (Fsp3) is 0.190. The van der Waals surface area contributed by atoms with Gasteiger partial charge in [0.05, 0.1) is 11.6 Å². The van der Waals surface area contributed by atoms with E-state index >= 15 is 0 Å². The van der Waals surface area contributed by atoms with Crippen molar-refractivity contribution in [2.75, 3.05) is 16.8 Å². The van der Waals surface area contributed by atoms with Gasteiger partial charge in [-0.2, -0.15) is 5.10 Å². The minimum atomic E-state index is -0.355. The number of hydrogen-bond donors (Lipinski definition) is 2. The SMILES string of the molecule is Cc1ccc(N2CC(C(=O)Nc3ccc(-c4ccn[nH]4)cc3)CC2=O)cc1. The average Bonchev–Trinajstić information content (AvgIpc) is 3.33. The number of H-pyrrole nitrogens is 1. The predicted octanol–water partition coefficient (Wildman–Crippen LogP) is 3.38. The van der Waals surface area contributed by atoms with Crippen LogP contribution in [0.1, 0.15) is 12.0 Å². The van der Waals surface area contributed by atoms with Gasteiger partial charge in [-0.3, -0.25) is 14.7 Å². The van der Waals surface area contributed by atoms with Crippen LogP contribution < -0.4 is 10.2 Å². The molecule has 1 aromatic heterocycles. The minimum Gasteiger partial charge on any atom is -0.326 e. The van der Waals surface area contributed by atoms with Crippen molar-refractivity contribution in [1.29, 1.82) is 0 Å². The zero-order valence-electron chi connectivity index (χ0n) is 15.0. The lowest BCUT2D eigenvalue weighted by molar-refractivity contribution is -0.122. The van der Waals surface area contributed by atoms with Crippen molar-refractivity contribution >= 4 is 23.2 Å². The summed E-state index contributed by atoms with van der Waals surface area (Å²) >= 11 is 0. The molecular formula is C21H20N4O2. The van der Waals surface area contributed by atoms with Crippen molar-refractivity contribution in [3.63, 3.8) is 0 Å². The van der Waals surface area contributed by atoms with E-state index in [0.29, 0.717) is 12.2 Å². The Labute approximate surface area is 157 Å². The highest BCUT2D eigenvalue weighted by molar-refractivity contribution is 6.03. The molecule has 0 spiro atoms. The average molecular weight is 360 g/mol. The van der Waals surface area contributed by atoms with Crippen LogP contribution in [0.4, 0.5) is 11.4 Å². The third kappa shape index (κ3) is 3.60. The van der Waals surface area contributed by atoms with Crippen molar-refractivity contribution in [3.05, 3.63) is 66.4 Å². The Morgan fingerprint density at radius 1 is 1.11 bits per heavy atom. The number of aromatic amines is 1. The third-order valence-electron chi connectivity index (χ3n) is 4.81. The van der Waals surface area contributed by atoms with Crippen LogP contribution >= 0.6 is 0 Å². The van der Waals surface area contributed by atoms with Crippen LogP contribution in [0.25, 0.3) is 11.3 Å². The lowest BCUT2D eigenvalue weighted by Crippen LogP contribution is -2.28. The van der Waals surface area contributed by atoms with Crippen molar-refractivity contribution in [3.8, 4) is 11.3 Å². The Morgan fingerprint density at radius 2 is 1.85 bits per heavy atom. The maximum atomic E-state index is 12.6. The summed E-state index contributed by atoms with van der Waals surface area (Å²) in [5.74, 6) is -0.507. The highest BCUT2D eigenvalue weighted by Gasteiger charge is 2.35. The molecule has 1 unspecified atom stereocenters. The molecule has 6 heteroatoms. The van der Waals surface area contributed by atoms with E-state index in [1.807, 2.05) is 61.5 Å². The largest absolute Gasteiger partial charge is 0.326 e. The Morgan fingerprint density at radius 3 is 2.52 bits per heavy atom. The number of benzene rings is 2. The predicted molar refractivity (Wildman–Crippen MR) is 104 cm³/mol. The molecule has 3 aromatic rings.